The average Bonchev–Trinajstić information content (AvgIpc) is 2.14. The first kappa shape index (κ1) is 6.00. The molecule has 1 nitrogen and oxygen atoms in total. The van der Waals surface area contributed by atoms with Gasteiger partial charge in [-0.05, 0) is 3.14 Å². The lowest BCUT2D eigenvalue weighted by atomic mass is 11.0. The Morgan fingerprint density at radius 2 is 2.71 bits per heavy atom. The SMILES string of the molecule is [Br][Mg][c]1nccs1. The van der Waals surface area contributed by atoms with Crippen LogP contribution in [-0.4, -0.2) is 23.2 Å². The number of hydrogen-bond donors (Lipinski definition) is 0. The Morgan fingerprint density at radius 3 is 3.00 bits per heavy atom. The fourth-order valence-corrected chi connectivity index (χ4v) is 3.06. The molecule has 0 radical (unpaired) electrons. The third-order valence-corrected chi connectivity index (χ3v) is 5.28. The van der Waals surface area contributed by atoms with Gasteiger partial charge in [0.1, 0.15) is 0 Å². The van der Waals surface area contributed by atoms with E-state index in [2.05, 4.69) is 17.9 Å². The summed E-state index contributed by atoms with van der Waals surface area (Å²) in [6, 6.07) is 0. The summed E-state index contributed by atoms with van der Waals surface area (Å²) in [7, 11) is 0. The normalized spacial score (nSPS) is 8.14. The Bertz CT molecular complexity index is 129. The Labute approximate surface area is 61.7 Å². The van der Waals surface area contributed by atoms with Crippen LogP contribution in [0.15, 0.2) is 11.6 Å². The largest absolute Gasteiger partial charge is 0.552 e. The number of aromatic nitrogens is 1. The molecule has 1 aromatic rings. The van der Waals surface area contributed by atoms with Gasteiger partial charge in [-0.3, -0.25) is 17.9 Å². The van der Waals surface area contributed by atoms with Crippen molar-refractivity contribution in [2.24, 2.45) is 0 Å². The molecule has 0 saturated heterocycles. The lowest BCUT2D eigenvalue weighted by Crippen LogP contribution is -2.04. The van der Waals surface area contributed by atoms with E-state index in [9.17, 15) is 0 Å². The molecule has 0 aliphatic rings. The van der Waals surface area contributed by atoms with Crippen molar-refractivity contribution in [2.75, 3.05) is 0 Å². The van der Waals surface area contributed by atoms with Gasteiger partial charge < -0.3 is 0 Å². The van der Waals surface area contributed by atoms with Crippen molar-refractivity contribution in [3.63, 3.8) is 0 Å². The molecule has 0 amide bonds. The number of thiazole rings is 1. The Balaban J connectivity index is 2.76. The highest BCUT2D eigenvalue weighted by Crippen LogP contribution is 1.87. The van der Waals surface area contributed by atoms with Crippen LogP contribution < -0.4 is 3.14 Å². The molecule has 1 aromatic heterocycles. The van der Waals surface area contributed by atoms with E-state index in [1.807, 2.05) is 11.6 Å². The molecule has 4 heteroatoms. The van der Waals surface area contributed by atoms with Crippen LogP contribution in [0.25, 0.3) is 0 Å². The number of rotatable bonds is 1. The molecule has 0 aliphatic heterocycles. The third kappa shape index (κ3) is 1.68. The zero-order valence-electron chi connectivity index (χ0n) is 3.60. The molecule has 0 fully saturated rings. The minimum absolute atomic E-state index is 0.147. The first-order valence-electron chi connectivity index (χ1n) is 1.88. The summed E-state index contributed by atoms with van der Waals surface area (Å²) < 4.78 is 1.28. The average molecular weight is 188 g/mol. The van der Waals surface area contributed by atoms with E-state index < -0.39 is 0 Å². The van der Waals surface area contributed by atoms with Crippen LogP contribution in [0.3, 0.4) is 0 Å². The molecule has 0 N–H and O–H groups in total. The standard InChI is InChI=1S/C3H2NS.BrH.Mg/c1-2-5-3-4-1;;/h1-2H;1H;/q;;+1/p-1. The van der Waals surface area contributed by atoms with Crippen molar-refractivity contribution >= 4 is 45.6 Å². The Hall–Kier alpha value is 0.876. The second-order valence-corrected chi connectivity index (χ2v) is 5.17. The van der Waals surface area contributed by atoms with Crippen LogP contribution in [0.4, 0.5) is 0 Å². The zero-order chi connectivity index (χ0) is 5.11. The predicted molar refractivity (Wildman–Crippen MR) is 36.4 cm³/mol. The lowest BCUT2D eigenvalue weighted by Gasteiger charge is -1.73. The molecule has 1 heterocycles. The van der Waals surface area contributed by atoms with Gasteiger partial charge in [0.2, 0.25) is 0 Å². The summed E-state index contributed by atoms with van der Waals surface area (Å²) in [4.78, 5) is 4.07. The number of hydrogen-bond acceptors (Lipinski definition) is 2. The third-order valence-electron chi connectivity index (χ3n) is 0.598. The van der Waals surface area contributed by atoms with Crippen LogP contribution in [-0.2, 0) is 0 Å². The van der Waals surface area contributed by atoms with Crippen molar-refractivity contribution in [3.8, 4) is 0 Å². The van der Waals surface area contributed by atoms with E-state index in [-0.39, 0.29) is 18.2 Å². The zero-order valence-corrected chi connectivity index (χ0v) is 7.41. The maximum absolute atomic E-state index is 4.07. The minimum atomic E-state index is -0.147. The first-order chi connectivity index (χ1) is 3.43. The van der Waals surface area contributed by atoms with Crippen molar-refractivity contribution < 1.29 is 0 Å². The van der Waals surface area contributed by atoms with E-state index >= 15 is 0 Å². The van der Waals surface area contributed by atoms with Crippen LogP contribution in [0.2, 0.25) is 0 Å². The molecule has 1 rings (SSSR count). The van der Waals surface area contributed by atoms with Crippen molar-refractivity contribution in [1.82, 2.24) is 4.98 Å². The van der Waals surface area contributed by atoms with E-state index in [1.54, 1.807) is 11.3 Å². The van der Waals surface area contributed by atoms with Crippen molar-refractivity contribution in [3.05, 3.63) is 11.6 Å². The summed E-state index contributed by atoms with van der Waals surface area (Å²) in [5.41, 5.74) is 0. The highest BCUT2D eigenvalue weighted by Gasteiger charge is 1.93. The highest BCUT2D eigenvalue weighted by molar-refractivity contribution is 9.23. The van der Waals surface area contributed by atoms with E-state index in [4.69, 9.17) is 0 Å². The molecule has 0 unspecified atom stereocenters. The van der Waals surface area contributed by atoms with Crippen LogP contribution in [0.1, 0.15) is 0 Å². The van der Waals surface area contributed by atoms with Gasteiger partial charge in [-0.15, -0.1) is 0 Å². The summed E-state index contributed by atoms with van der Waals surface area (Å²) >= 11 is 5.00. The molecule has 0 spiro atoms. The van der Waals surface area contributed by atoms with Crippen LogP contribution >= 0.6 is 24.2 Å². The summed E-state index contributed by atoms with van der Waals surface area (Å²) in [5, 5.41) is 2.00. The molecule has 0 atom stereocenters. The summed E-state index contributed by atoms with van der Waals surface area (Å²) in [6.07, 6.45) is 1.84. The smallest absolute Gasteiger partial charge is 0.291 e. The van der Waals surface area contributed by atoms with Gasteiger partial charge in [0.25, 0.3) is 0 Å². The fraction of sp³-hybridized carbons (Fsp3) is 0. The lowest BCUT2D eigenvalue weighted by molar-refractivity contribution is 1.48. The Kier molecular flexibility index (Phi) is 2.58. The van der Waals surface area contributed by atoms with Crippen LogP contribution in [0, 0.1) is 0 Å². The highest BCUT2D eigenvalue weighted by atomic mass is 79.9. The molecule has 7 heavy (non-hydrogen) atoms. The quantitative estimate of drug-likeness (QED) is 0.594. The molecule has 0 saturated carbocycles. The van der Waals surface area contributed by atoms with Gasteiger partial charge in [0.05, 0.1) is 0 Å². The van der Waals surface area contributed by atoms with E-state index in [1.165, 1.54) is 3.14 Å². The van der Waals surface area contributed by atoms with E-state index in [0.717, 1.165) is 0 Å². The number of nitrogens with zero attached hydrogens (tertiary/aromatic N) is 1. The fourth-order valence-electron chi connectivity index (χ4n) is 0.319. The second kappa shape index (κ2) is 3.01. The van der Waals surface area contributed by atoms with Crippen LogP contribution in [0.5, 0.6) is 0 Å². The van der Waals surface area contributed by atoms with Gasteiger partial charge in [0.15, 0.2) is 0 Å². The van der Waals surface area contributed by atoms with Crippen molar-refractivity contribution in [1.29, 1.82) is 0 Å². The second-order valence-electron chi connectivity index (χ2n) is 1.06. The van der Waals surface area contributed by atoms with E-state index in [0.29, 0.717) is 0 Å². The molecule has 34 valence electrons. The molecule has 0 aromatic carbocycles. The molecule has 0 bridgehead atoms. The topological polar surface area (TPSA) is 12.9 Å². The predicted octanol–water partition coefficient (Wildman–Crippen LogP) is 0.782. The maximum Gasteiger partial charge on any atom is 0.552 e. The van der Waals surface area contributed by atoms with Gasteiger partial charge in [-0.2, -0.15) is 11.3 Å². The molecular weight excluding hydrogens is 186 g/mol. The Morgan fingerprint density at radius 1 is 1.86 bits per heavy atom. The van der Waals surface area contributed by atoms with Gasteiger partial charge >= 0.3 is 18.2 Å². The maximum atomic E-state index is 4.07. The van der Waals surface area contributed by atoms with Gasteiger partial charge in [0, 0.05) is 11.6 Å². The van der Waals surface area contributed by atoms with Crippen molar-refractivity contribution in [2.45, 2.75) is 0 Å². The number of halogens is 1. The van der Waals surface area contributed by atoms with Gasteiger partial charge in [-0.1, -0.05) is 0 Å². The first-order valence-corrected chi connectivity index (χ1v) is 7.36. The molecule has 0 aliphatic carbocycles. The van der Waals surface area contributed by atoms with Gasteiger partial charge in [-0.25, -0.2) is 0 Å². The summed E-state index contributed by atoms with van der Waals surface area (Å²) in [6.45, 7) is 0. The minimum Gasteiger partial charge on any atom is -0.291 e. The molecular formula is C3H2BrMgNS. The monoisotopic (exact) mass is 187 g/mol. The summed E-state index contributed by atoms with van der Waals surface area (Å²) in [5.74, 6) is 0.